The van der Waals surface area contributed by atoms with Gasteiger partial charge in [-0.15, -0.1) is 0 Å². The Kier molecular flexibility index (Phi) is 3.34. The van der Waals surface area contributed by atoms with Crippen LogP contribution in [0.25, 0.3) is 0 Å². The number of imidazole rings is 1. The summed E-state index contributed by atoms with van der Waals surface area (Å²) in [6.45, 7) is 1.83. The molecule has 1 amide bonds. The summed E-state index contributed by atoms with van der Waals surface area (Å²) >= 11 is 0. The summed E-state index contributed by atoms with van der Waals surface area (Å²) in [6, 6.07) is 5.72. The maximum atomic E-state index is 13.1. The number of benzene rings is 1. The lowest BCUT2D eigenvalue weighted by Gasteiger charge is -2.31. The molecule has 0 fully saturated rings. The van der Waals surface area contributed by atoms with Crippen LogP contribution in [0.1, 0.15) is 38.8 Å². The van der Waals surface area contributed by atoms with Crippen molar-refractivity contribution in [2.45, 2.75) is 18.9 Å². The molecule has 26 heavy (non-hydrogen) atoms. The van der Waals surface area contributed by atoms with Crippen molar-refractivity contribution in [1.29, 1.82) is 0 Å². The number of carbonyl (C=O) groups excluding carboxylic acids is 1. The van der Waals surface area contributed by atoms with Gasteiger partial charge in [-0.2, -0.15) is 5.10 Å². The van der Waals surface area contributed by atoms with E-state index in [9.17, 15) is 4.79 Å². The molecule has 0 radical (unpaired) electrons. The van der Waals surface area contributed by atoms with Crippen LogP contribution in [0.2, 0.25) is 0 Å². The van der Waals surface area contributed by atoms with Gasteiger partial charge < -0.3 is 14.6 Å². The number of H-pyrrole nitrogens is 1. The van der Waals surface area contributed by atoms with Gasteiger partial charge >= 0.3 is 0 Å². The molecular formula is C19H19N5O2. The van der Waals surface area contributed by atoms with Gasteiger partial charge in [-0.1, -0.05) is 0 Å². The van der Waals surface area contributed by atoms with Crippen LogP contribution in [0.3, 0.4) is 0 Å². The van der Waals surface area contributed by atoms with E-state index < -0.39 is 0 Å². The van der Waals surface area contributed by atoms with E-state index in [4.69, 9.17) is 4.74 Å². The van der Waals surface area contributed by atoms with Crippen LogP contribution >= 0.6 is 0 Å². The van der Waals surface area contributed by atoms with Crippen molar-refractivity contribution in [3.05, 3.63) is 65.0 Å². The minimum absolute atomic E-state index is 0.0282. The molecule has 0 saturated carbocycles. The lowest BCUT2D eigenvalue weighted by atomic mass is 9.92. The Labute approximate surface area is 150 Å². The zero-order valence-electron chi connectivity index (χ0n) is 14.5. The summed E-state index contributed by atoms with van der Waals surface area (Å²) in [7, 11) is 1.90. The maximum absolute atomic E-state index is 13.1. The van der Waals surface area contributed by atoms with Crippen LogP contribution in [0, 0.1) is 0 Å². The monoisotopic (exact) mass is 349 g/mol. The molecule has 7 heteroatoms. The molecule has 0 aliphatic carbocycles. The van der Waals surface area contributed by atoms with Gasteiger partial charge in [-0.05, 0) is 23.8 Å². The van der Waals surface area contributed by atoms with Gasteiger partial charge in [0.2, 0.25) is 0 Å². The first-order valence-electron chi connectivity index (χ1n) is 8.75. The number of amides is 1. The van der Waals surface area contributed by atoms with Crippen LogP contribution in [0.15, 0.2) is 36.9 Å². The molecule has 1 aromatic carbocycles. The highest BCUT2D eigenvalue weighted by Crippen LogP contribution is 2.33. The molecule has 5 rings (SSSR count). The van der Waals surface area contributed by atoms with Crippen LogP contribution < -0.4 is 4.74 Å². The molecule has 1 N–H and O–H groups in total. The number of aryl methyl sites for hydroxylation is 1. The average molecular weight is 349 g/mol. The Morgan fingerprint density at radius 3 is 3.15 bits per heavy atom. The number of nitrogens with zero attached hydrogens (tertiary/aromatic N) is 4. The normalized spacial score (nSPS) is 18.3. The molecule has 2 aliphatic heterocycles. The van der Waals surface area contributed by atoms with Gasteiger partial charge in [0.15, 0.2) is 0 Å². The summed E-state index contributed by atoms with van der Waals surface area (Å²) in [6.07, 6.45) is 6.40. The van der Waals surface area contributed by atoms with Crippen LogP contribution in [-0.2, 0) is 20.0 Å². The lowest BCUT2D eigenvalue weighted by Crippen LogP contribution is -2.38. The fourth-order valence-corrected chi connectivity index (χ4v) is 3.86. The molecule has 0 saturated heterocycles. The number of ether oxygens (including phenoxy) is 1. The first-order chi connectivity index (χ1) is 12.7. The average Bonchev–Trinajstić information content (AvgIpc) is 3.39. The second-order valence-corrected chi connectivity index (χ2v) is 6.87. The number of aromatic nitrogens is 4. The highest BCUT2D eigenvalue weighted by molar-refractivity contribution is 5.95. The number of hydrogen-bond donors (Lipinski definition) is 1. The molecule has 1 atom stereocenters. The number of carbonyl (C=O) groups is 1. The minimum Gasteiger partial charge on any atom is -0.493 e. The molecule has 3 aromatic rings. The maximum Gasteiger partial charge on any atom is 0.254 e. The molecular weight excluding hydrogens is 330 g/mol. The quantitative estimate of drug-likeness (QED) is 0.766. The van der Waals surface area contributed by atoms with Crippen molar-refractivity contribution in [3.8, 4) is 5.75 Å². The van der Waals surface area contributed by atoms with E-state index >= 15 is 0 Å². The van der Waals surface area contributed by atoms with Gasteiger partial charge in [0, 0.05) is 43.3 Å². The Hall–Kier alpha value is -3.09. The summed E-state index contributed by atoms with van der Waals surface area (Å²) in [5, 5.41) is 4.28. The Bertz CT molecular complexity index is 989. The Morgan fingerprint density at radius 2 is 2.31 bits per heavy atom. The Balaban J connectivity index is 1.47. The van der Waals surface area contributed by atoms with Gasteiger partial charge in [-0.3, -0.25) is 9.48 Å². The number of nitrogens with one attached hydrogen (secondary N) is 1. The molecule has 0 spiro atoms. The van der Waals surface area contributed by atoms with E-state index in [1.807, 2.05) is 42.5 Å². The zero-order chi connectivity index (χ0) is 17.7. The largest absolute Gasteiger partial charge is 0.493 e. The third kappa shape index (κ3) is 2.39. The predicted molar refractivity (Wildman–Crippen MR) is 94.0 cm³/mol. The van der Waals surface area contributed by atoms with Crippen molar-refractivity contribution in [1.82, 2.24) is 24.6 Å². The van der Waals surface area contributed by atoms with Gasteiger partial charge in [0.05, 0.1) is 37.1 Å². The van der Waals surface area contributed by atoms with Crippen molar-refractivity contribution in [2.75, 3.05) is 13.2 Å². The zero-order valence-corrected chi connectivity index (χ0v) is 14.5. The third-order valence-corrected chi connectivity index (χ3v) is 5.18. The fraction of sp³-hybridized carbons (Fsp3) is 0.316. The van der Waals surface area contributed by atoms with Crippen molar-refractivity contribution >= 4 is 5.91 Å². The summed E-state index contributed by atoms with van der Waals surface area (Å²) in [5.74, 6) is 0.957. The van der Waals surface area contributed by atoms with Crippen LogP contribution in [0.4, 0.5) is 0 Å². The predicted octanol–water partition coefficient (Wildman–Crippen LogP) is 1.87. The first kappa shape index (κ1) is 15.2. The van der Waals surface area contributed by atoms with Crippen molar-refractivity contribution < 1.29 is 9.53 Å². The summed E-state index contributed by atoms with van der Waals surface area (Å²) in [4.78, 5) is 22.7. The topological polar surface area (TPSA) is 76.0 Å². The van der Waals surface area contributed by atoms with Gasteiger partial charge in [-0.25, -0.2) is 4.98 Å². The van der Waals surface area contributed by atoms with Crippen molar-refractivity contribution in [3.63, 3.8) is 0 Å². The van der Waals surface area contributed by atoms with Crippen molar-refractivity contribution in [2.24, 2.45) is 7.05 Å². The van der Waals surface area contributed by atoms with E-state index in [0.29, 0.717) is 25.3 Å². The van der Waals surface area contributed by atoms with E-state index in [1.54, 1.807) is 11.0 Å². The summed E-state index contributed by atoms with van der Waals surface area (Å²) in [5.41, 5.74) is 4.88. The number of hydrogen-bond acceptors (Lipinski definition) is 4. The van der Waals surface area contributed by atoms with Crippen LogP contribution in [-0.4, -0.2) is 43.7 Å². The van der Waals surface area contributed by atoms with Gasteiger partial charge in [0.25, 0.3) is 5.91 Å². The second kappa shape index (κ2) is 5.72. The number of fused-ring (bicyclic) bond motifs is 2. The van der Waals surface area contributed by atoms with Gasteiger partial charge in [0.1, 0.15) is 5.75 Å². The smallest absolute Gasteiger partial charge is 0.254 e. The molecule has 4 heterocycles. The van der Waals surface area contributed by atoms with E-state index in [1.165, 1.54) is 0 Å². The standard InChI is InChI=1S/C19H19N5O2/c1-23-8-14(7-22-23)15-9-24(10-16-18(15)21-11-20-16)19(25)13-2-3-17-12(6-13)4-5-26-17/h2-3,6-8,11,15H,4-5,9-10H2,1H3,(H,20,21). The minimum atomic E-state index is 0.0282. The molecule has 0 bridgehead atoms. The van der Waals surface area contributed by atoms with Crippen LogP contribution in [0.5, 0.6) is 5.75 Å². The van der Waals surface area contributed by atoms with E-state index in [0.717, 1.165) is 34.7 Å². The molecule has 2 aromatic heterocycles. The molecule has 132 valence electrons. The number of rotatable bonds is 2. The Morgan fingerprint density at radius 1 is 1.38 bits per heavy atom. The summed E-state index contributed by atoms with van der Waals surface area (Å²) < 4.78 is 7.33. The second-order valence-electron chi connectivity index (χ2n) is 6.87. The molecule has 1 unspecified atom stereocenters. The SMILES string of the molecule is Cn1cc(C2CN(C(=O)c3ccc4c(c3)CCO4)Cc3[nH]cnc32)cn1. The number of aromatic amines is 1. The third-order valence-electron chi connectivity index (χ3n) is 5.18. The van der Waals surface area contributed by atoms with E-state index in [-0.39, 0.29) is 11.8 Å². The highest BCUT2D eigenvalue weighted by atomic mass is 16.5. The fourth-order valence-electron chi connectivity index (χ4n) is 3.86. The highest BCUT2D eigenvalue weighted by Gasteiger charge is 2.32. The lowest BCUT2D eigenvalue weighted by molar-refractivity contribution is 0.0722. The molecule has 7 nitrogen and oxygen atoms in total. The first-order valence-corrected chi connectivity index (χ1v) is 8.75. The molecule has 2 aliphatic rings. The van der Waals surface area contributed by atoms with E-state index in [2.05, 4.69) is 15.1 Å².